The molecule has 0 rings (SSSR count). The molecule has 0 fully saturated rings. The Bertz CT molecular complexity index is 186. The van der Waals surface area contributed by atoms with Crippen LogP contribution in [0.4, 0.5) is 4.79 Å². The largest absolute Gasteiger partial charge is 0.338 e. The summed E-state index contributed by atoms with van der Waals surface area (Å²) in [5, 5.41) is 5.87. The summed E-state index contributed by atoms with van der Waals surface area (Å²) in [6.45, 7) is 3.22. The van der Waals surface area contributed by atoms with Crippen molar-refractivity contribution in [1.29, 1.82) is 0 Å². The summed E-state index contributed by atoms with van der Waals surface area (Å²) in [6.07, 6.45) is 0. The van der Waals surface area contributed by atoms with Gasteiger partial charge >= 0.3 is 6.03 Å². The van der Waals surface area contributed by atoms with Crippen LogP contribution < -0.4 is 5.32 Å². The molecule has 0 aliphatic heterocycles. The number of hydrogen-bond donors (Lipinski definition) is 1. The molecule has 0 atom stereocenters. The number of nitrogens with zero attached hydrogens (tertiary/aromatic N) is 4. The lowest BCUT2D eigenvalue weighted by Gasteiger charge is -2.14. The van der Waals surface area contributed by atoms with E-state index in [1.54, 1.807) is 7.05 Å². The van der Waals surface area contributed by atoms with E-state index < -0.39 is 0 Å². The van der Waals surface area contributed by atoms with Crippen LogP contribution in [0.5, 0.6) is 0 Å². The van der Waals surface area contributed by atoms with Crippen molar-refractivity contribution in [3.8, 4) is 0 Å². The summed E-state index contributed by atoms with van der Waals surface area (Å²) in [5.74, 6) is 0. The molecule has 68 valence electrons. The van der Waals surface area contributed by atoms with Crippen LogP contribution in [0.2, 0.25) is 0 Å². The Morgan fingerprint density at radius 2 is 2.42 bits per heavy atom. The average Bonchev–Trinajstić information content (AvgIpc) is 2.10. The highest BCUT2D eigenvalue weighted by Crippen LogP contribution is 1.81. The van der Waals surface area contributed by atoms with E-state index in [0.29, 0.717) is 19.6 Å². The molecule has 0 heterocycles. The molecule has 0 aromatic heterocycles. The van der Waals surface area contributed by atoms with E-state index in [9.17, 15) is 4.79 Å². The molecule has 0 unspecified atom stereocenters. The van der Waals surface area contributed by atoms with Gasteiger partial charge in [-0.05, 0) is 12.5 Å². The van der Waals surface area contributed by atoms with Gasteiger partial charge in [0.25, 0.3) is 0 Å². The van der Waals surface area contributed by atoms with Gasteiger partial charge in [0, 0.05) is 31.6 Å². The van der Waals surface area contributed by atoms with Crippen molar-refractivity contribution in [3.63, 3.8) is 0 Å². The molecule has 0 saturated carbocycles. The van der Waals surface area contributed by atoms with Crippen molar-refractivity contribution in [2.24, 2.45) is 5.11 Å². The first-order chi connectivity index (χ1) is 5.72. The molecule has 12 heavy (non-hydrogen) atoms. The van der Waals surface area contributed by atoms with Crippen LogP contribution in [0.25, 0.3) is 10.4 Å². The van der Waals surface area contributed by atoms with Crippen LogP contribution in [0.1, 0.15) is 6.92 Å². The topological polar surface area (TPSA) is 81.1 Å². The molecule has 0 saturated heterocycles. The molecule has 6 nitrogen and oxygen atoms in total. The maximum absolute atomic E-state index is 11.0. The number of urea groups is 1. The predicted octanol–water partition coefficient (Wildman–Crippen LogP) is 0.958. The normalized spacial score (nSPS) is 8.50. The molecule has 0 aliphatic rings. The van der Waals surface area contributed by atoms with Crippen molar-refractivity contribution in [2.75, 3.05) is 26.7 Å². The fourth-order valence-electron chi connectivity index (χ4n) is 0.536. The second-order valence-corrected chi connectivity index (χ2v) is 2.20. The maximum Gasteiger partial charge on any atom is 0.317 e. The minimum atomic E-state index is -0.148. The van der Waals surface area contributed by atoms with Crippen molar-refractivity contribution in [3.05, 3.63) is 10.4 Å². The number of nitrogens with one attached hydrogen (secondary N) is 1. The summed E-state index contributed by atoms with van der Waals surface area (Å²) in [7, 11) is 1.70. The zero-order valence-electron chi connectivity index (χ0n) is 7.32. The first-order valence-corrected chi connectivity index (χ1v) is 3.72. The molecular weight excluding hydrogens is 158 g/mol. The third kappa shape index (κ3) is 4.40. The van der Waals surface area contributed by atoms with Crippen LogP contribution in [0.3, 0.4) is 0 Å². The summed E-state index contributed by atoms with van der Waals surface area (Å²) in [5.41, 5.74) is 7.92. The van der Waals surface area contributed by atoms with Crippen LogP contribution in [-0.4, -0.2) is 37.6 Å². The number of rotatable bonds is 4. The zero-order chi connectivity index (χ0) is 9.40. The number of azide groups is 1. The van der Waals surface area contributed by atoms with E-state index >= 15 is 0 Å². The molecule has 1 N–H and O–H groups in total. The third-order valence-corrected chi connectivity index (χ3v) is 1.37. The van der Waals surface area contributed by atoms with Gasteiger partial charge in [-0.2, -0.15) is 0 Å². The van der Waals surface area contributed by atoms with Crippen molar-refractivity contribution < 1.29 is 4.79 Å². The highest BCUT2D eigenvalue weighted by atomic mass is 16.2. The molecule has 0 aromatic carbocycles. The second-order valence-electron chi connectivity index (χ2n) is 2.20. The fourth-order valence-corrected chi connectivity index (χ4v) is 0.536. The molecule has 0 spiro atoms. The van der Waals surface area contributed by atoms with Gasteiger partial charge in [-0.1, -0.05) is 5.11 Å². The van der Waals surface area contributed by atoms with Crippen molar-refractivity contribution in [1.82, 2.24) is 10.2 Å². The Kier molecular flexibility index (Phi) is 5.55. The monoisotopic (exact) mass is 171 g/mol. The van der Waals surface area contributed by atoms with Crippen molar-refractivity contribution in [2.45, 2.75) is 6.92 Å². The Hall–Kier alpha value is -1.42. The van der Waals surface area contributed by atoms with Gasteiger partial charge in [-0.15, -0.1) is 0 Å². The lowest BCUT2D eigenvalue weighted by atomic mass is 10.6. The Balaban J connectivity index is 3.50. The molecular formula is C6H13N5O. The maximum atomic E-state index is 11.0. The van der Waals surface area contributed by atoms with E-state index in [4.69, 9.17) is 5.53 Å². The van der Waals surface area contributed by atoms with Crippen LogP contribution >= 0.6 is 0 Å². The lowest BCUT2D eigenvalue weighted by molar-refractivity contribution is 0.211. The Morgan fingerprint density at radius 1 is 1.75 bits per heavy atom. The number of amides is 2. The zero-order valence-corrected chi connectivity index (χ0v) is 7.32. The number of carbonyl (C=O) groups is 1. The summed E-state index contributed by atoms with van der Waals surface area (Å²) in [4.78, 5) is 15.1. The Morgan fingerprint density at radius 3 is 2.92 bits per heavy atom. The highest BCUT2D eigenvalue weighted by Gasteiger charge is 2.02. The van der Waals surface area contributed by atoms with Gasteiger partial charge in [0.1, 0.15) is 0 Å². The van der Waals surface area contributed by atoms with Gasteiger partial charge in [0.15, 0.2) is 0 Å². The molecule has 0 radical (unpaired) electrons. The minimum Gasteiger partial charge on any atom is -0.338 e. The molecule has 0 aromatic rings. The summed E-state index contributed by atoms with van der Waals surface area (Å²) in [6, 6.07) is -0.148. The summed E-state index contributed by atoms with van der Waals surface area (Å²) >= 11 is 0. The quantitative estimate of drug-likeness (QED) is 0.290. The van der Waals surface area contributed by atoms with Crippen LogP contribution in [0.15, 0.2) is 5.11 Å². The van der Waals surface area contributed by atoms with Gasteiger partial charge < -0.3 is 10.2 Å². The standard InChI is InChI=1S/C6H13N5O/c1-3-11(2)6(12)8-4-5-9-10-7/h3-5H2,1-2H3,(H,8,12). The molecule has 0 aliphatic carbocycles. The third-order valence-electron chi connectivity index (χ3n) is 1.37. The predicted molar refractivity (Wildman–Crippen MR) is 45.7 cm³/mol. The van der Waals surface area contributed by atoms with Gasteiger partial charge in [-0.3, -0.25) is 0 Å². The van der Waals surface area contributed by atoms with E-state index in [0.717, 1.165) is 0 Å². The van der Waals surface area contributed by atoms with Gasteiger partial charge in [0.2, 0.25) is 0 Å². The smallest absolute Gasteiger partial charge is 0.317 e. The first-order valence-electron chi connectivity index (χ1n) is 3.72. The van der Waals surface area contributed by atoms with Gasteiger partial charge in [0.05, 0.1) is 0 Å². The molecule has 6 heteroatoms. The van der Waals surface area contributed by atoms with Crippen LogP contribution in [-0.2, 0) is 0 Å². The molecule has 0 bridgehead atoms. The lowest BCUT2D eigenvalue weighted by Crippen LogP contribution is -2.38. The van der Waals surface area contributed by atoms with Crippen LogP contribution in [0, 0.1) is 0 Å². The number of carbonyl (C=O) groups excluding carboxylic acids is 1. The second kappa shape index (κ2) is 6.30. The minimum absolute atomic E-state index is 0.148. The SMILES string of the molecule is CCN(C)C(=O)NCCN=[N+]=[N-]. The first kappa shape index (κ1) is 10.6. The van der Waals surface area contributed by atoms with E-state index in [1.165, 1.54) is 4.90 Å². The van der Waals surface area contributed by atoms with Crippen molar-refractivity contribution >= 4 is 6.03 Å². The summed E-state index contributed by atoms with van der Waals surface area (Å²) < 4.78 is 0. The van der Waals surface area contributed by atoms with E-state index in [-0.39, 0.29) is 6.03 Å². The average molecular weight is 171 g/mol. The van der Waals surface area contributed by atoms with E-state index in [1.807, 2.05) is 6.92 Å². The highest BCUT2D eigenvalue weighted by molar-refractivity contribution is 5.73. The Labute approximate surface area is 71.2 Å². The number of hydrogen-bond acceptors (Lipinski definition) is 2. The fraction of sp³-hybridized carbons (Fsp3) is 0.833. The van der Waals surface area contributed by atoms with Gasteiger partial charge in [-0.25, -0.2) is 4.79 Å². The molecule has 2 amide bonds. The van der Waals surface area contributed by atoms with E-state index in [2.05, 4.69) is 15.3 Å².